The summed E-state index contributed by atoms with van der Waals surface area (Å²) in [6.45, 7) is 2.09. The van der Waals surface area contributed by atoms with Gasteiger partial charge in [-0.1, -0.05) is 84.4 Å². The van der Waals surface area contributed by atoms with Gasteiger partial charge in [0.05, 0.1) is 0 Å². The van der Waals surface area contributed by atoms with E-state index in [2.05, 4.69) is 72.7 Å². The molecule has 0 aliphatic heterocycles. The van der Waals surface area contributed by atoms with Crippen molar-refractivity contribution < 1.29 is 4.79 Å². The molecule has 0 aliphatic carbocycles. The van der Waals surface area contributed by atoms with E-state index in [9.17, 15) is 4.79 Å². The van der Waals surface area contributed by atoms with Gasteiger partial charge in [-0.15, -0.1) is 0 Å². The van der Waals surface area contributed by atoms with E-state index in [1.54, 1.807) is 0 Å². The van der Waals surface area contributed by atoms with Crippen molar-refractivity contribution in [1.82, 2.24) is 4.98 Å². The number of ketones is 1. The lowest BCUT2D eigenvalue weighted by atomic mass is 9.85. The number of benzene rings is 4. The zero-order valence-corrected chi connectivity index (χ0v) is 16.9. The third kappa shape index (κ3) is 3.42. The standard InChI is InChI=1S/C28H23NO/c1-19-10-12-21(13-11-19)25(26-18-29-27-9-5-4-8-24(26)27)17-28(30)23-15-14-20-6-2-3-7-22(20)16-23/h2-16,18,25,29H,17H2,1H3/t25-/m0/s1. The van der Waals surface area contributed by atoms with Crippen LogP contribution >= 0.6 is 0 Å². The Balaban J connectivity index is 1.55. The summed E-state index contributed by atoms with van der Waals surface area (Å²) in [4.78, 5) is 16.7. The average Bonchev–Trinajstić information content (AvgIpc) is 3.21. The van der Waals surface area contributed by atoms with Crippen LogP contribution in [0.4, 0.5) is 0 Å². The molecule has 1 N–H and O–H groups in total. The highest BCUT2D eigenvalue weighted by Crippen LogP contribution is 2.34. The van der Waals surface area contributed by atoms with E-state index in [1.807, 2.05) is 36.4 Å². The molecular weight excluding hydrogens is 366 g/mol. The van der Waals surface area contributed by atoms with Crippen molar-refractivity contribution in [2.24, 2.45) is 0 Å². The Labute approximate surface area is 176 Å². The van der Waals surface area contributed by atoms with E-state index in [4.69, 9.17) is 0 Å². The summed E-state index contributed by atoms with van der Waals surface area (Å²) in [6.07, 6.45) is 2.49. The van der Waals surface area contributed by atoms with Crippen molar-refractivity contribution in [3.8, 4) is 0 Å². The first-order chi connectivity index (χ1) is 14.7. The molecule has 0 radical (unpaired) electrons. The molecule has 0 bridgehead atoms. The number of carbonyl (C=O) groups excluding carboxylic acids is 1. The molecule has 0 aliphatic rings. The Morgan fingerprint density at radius 3 is 2.40 bits per heavy atom. The molecule has 0 spiro atoms. The van der Waals surface area contributed by atoms with Crippen molar-refractivity contribution in [2.75, 3.05) is 0 Å². The van der Waals surface area contributed by atoms with E-state index >= 15 is 0 Å². The number of hydrogen-bond acceptors (Lipinski definition) is 1. The zero-order chi connectivity index (χ0) is 20.5. The van der Waals surface area contributed by atoms with Gasteiger partial charge in [-0.05, 0) is 41.0 Å². The van der Waals surface area contributed by atoms with Crippen LogP contribution in [0.25, 0.3) is 21.7 Å². The van der Waals surface area contributed by atoms with Gasteiger partial charge in [0, 0.05) is 35.0 Å². The summed E-state index contributed by atoms with van der Waals surface area (Å²) in [5, 5.41) is 3.43. The van der Waals surface area contributed by atoms with Crippen LogP contribution in [0, 0.1) is 6.92 Å². The van der Waals surface area contributed by atoms with Gasteiger partial charge in [0.2, 0.25) is 0 Å². The minimum atomic E-state index is 0.000667. The smallest absolute Gasteiger partial charge is 0.163 e. The highest BCUT2D eigenvalue weighted by Gasteiger charge is 2.22. The molecule has 5 rings (SSSR count). The van der Waals surface area contributed by atoms with Gasteiger partial charge >= 0.3 is 0 Å². The molecule has 0 unspecified atom stereocenters. The predicted octanol–water partition coefficient (Wildman–Crippen LogP) is 7.03. The van der Waals surface area contributed by atoms with Crippen molar-refractivity contribution >= 4 is 27.5 Å². The predicted molar refractivity (Wildman–Crippen MR) is 124 cm³/mol. The number of rotatable bonds is 5. The van der Waals surface area contributed by atoms with Crippen LogP contribution in [0.3, 0.4) is 0 Å². The SMILES string of the molecule is Cc1ccc([C@H](CC(=O)c2ccc3ccccc3c2)c2c[nH]c3ccccc23)cc1. The van der Waals surface area contributed by atoms with Gasteiger partial charge in [-0.25, -0.2) is 0 Å². The lowest BCUT2D eigenvalue weighted by Gasteiger charge is -2.17. The molecule has 0 saturated carbocycles. The maximum Gasteiger partial charge on any atom is 0.163 e. The molecule has 146 valence electrons. The van der Waals surface area contributed by atoms with Crippen LogP contribution in [-0.4, -0.2) is 10.8 Å². The summed E-state index contributed by atoms with van der Waals surface area (Å²) < 4.78 is 0. The fourth-order valence-corrected chi connectivity index (χ4v) is 4.25. The molecule has 2 nitrogen and oxygen atoms in total. The quantitative estimate of drug-likeness (QED) is 0.321. The van der Waals surface area contributed by atoms with Gasteiger partial charge < -0.3 is 4.98 Å². The first kappa shape index (κ1) is 18.4. The maximum atomic E-state index is 13.4. The zero-order valence-electron chi connectivity index (χ0n) is 16.9. The van der Waals surface area contributed by atoms with Crippen LogP contribution in [0.5, 0.6) is 0 Å². The van der Waals surface area contributed by atoms with Crippen LogP contribution in [-0.2, 0) is 0 Å². The molecule has 1 aromatic heterocycles. The van der Waals surface area contributed by atoms with Gasteiger partial charge in [0.1, 0.15) is 0 Å². The minimum Gasteiger partial charge on any atom is -0.361 e. The van der Waals surface area contributed by atoms with Crippen molar-refractivity contribution in [3.63, 3.8) is 0 Å². The van der Waals surface area contributed by atoms with Crippen LogP contribution in [0.2, 0.25) is 0 Å². The molecule has 2 heteroatoms. The number of carbonyl (C=O) groups is 1. The van der Waals surface area contributed by atoms with Gasteiger partial charge in [0.15, 0.2) is 5.78 Å². The molecule has 0 fully saturated rings. The summed E-state index contributed by atoms with van der Waals surface area (Å²) in [7, 11) is 0. The largest absolute Gasteiger partial charge is 0.361 e. The van der Waals surface area contributed by atoms with E-state index in [0.717, 1.165) is 21.9 Å². The highest BCUT2D eigenvalue weighted by atomic mass is 16.1. The molecule has 0 amide bonds. The number of Topliss-reactive ketones (excluding diaryl/α,β-unsaturated/α-hetero) is 1. The third-order valence-electron chi connectivity index (χ3n) is 5.94. The van der Waals surface area contributed by atoms with Crippen LogP contribution in [0.15, 0.2) is 97.2 Å². The topological polar surface area (TPSA) is 32.9 Å². The molecule has 1 atom stereocenters. The lowest BCUT2D eigenvalue weighted by molar-refractivity contribution is 0.0978. The minimum absolute atomic E-state index is 0.000667. The Kier molecular flexibility index (Phi) is 4.68. The Morgan fingerprint density at radius 2 is 1.57 bits per heavy atom. The Hall–Kier alpha value is -3.65. The van der Waals surface area contributed by atoms with Gasteiger partial charge in [0.25, 0.3) is 0 Å². The molecular formula is C28H23NO. The molecule has 4 aromatic carbocycles. The monoisotopic (exact) mass is 389 g/mol. The molecule has 1 heterocycles. The number of nitrogens with one attached hydrogen (secondary N) is 1. The number of H-pyrrole nitrogens is 1. The van der Waals surface area contributed by atoms with Crippen molar-refractivity contribution in [2.45, 2.75) is 19.3 Å². The summed E-state index contributed by atoms with van der Waals surface area (Å²) in [6, 6.07) is 31.0. The molecule has 0 saturated heterocycles. The number of aromatic nitrogens is 1. The summed E-state index contributed by atoms with van der Waals surface area (Å²) >= 11 is 0. The second kappa shape index (κ2) is 7.64. The Morgan fingerprint density at radius 1 is 0.833 bits per heavy atom. The second-order valence-electron chi connectivity index (χ2n) is 7.94. The van der Waals surface area contributed by atoms with Gasteiger partial charge in [-0.3, -0.25) is 4.79 Å². The summed E-state index contributed by atoms with van der Waals surface area (Å²) in [5.74, 6) is 0.164. The maximum absolute atomic E-state index is 13.4. The van der Waals surface area contributed by atoms with Crippen molar-refractivity contribution in [3.05, 3.63) is 119 Å². The van der Waals surface area contributed by atoms with Crippen LogP contribution in [0.1, 0.15) is 39.4 Å². The molecule has 30 heavy (non-hydrogen) atoms. The highest BCUT2D eigenvalue weighted by molar-refractivity contribution is 6.01. The fraction of sp³-hybridized carbons (Fsp3) is 0.107. The number of para-hydroxylation sites is 1. The van der Waals surface area contributed by atoms with E-state index in [1.165, 1.54) is 22.1 Å². The number of fused-ring (bicyclic) bond motifs is 2. The number of hydrogen-bond donors (Lipinski definition) is 1. The summed E-state index contributed by atoms with van der Waals surface area (Å²) in [5.41, 5.74) is 5.42. The molecule has 5 aromatic rings. The normalized spacial score (nSPS) is 12.3. The Bertz CT molecular complexity index is 1340. The van der Waals surface area contributed by atoms with Crippen LogP contribution < -0.4 is 0 Å². The van der Waals surface area contributed by atoms with Crippen molar-refractivity contribution in [1.29, 1.82) is 0 Å². The van der Waals surface area contributed by atoms with E-state index in [-0.39, 0.29) is 11.7 Å². The fourth-order valence-electron chi connectivity index (χ4n) is 4.25. The first-order valence-corrected chi connectivity index (χ1v) is 10.3. The number of aromatic amines is 1. The lowest BCUT2D eigenvalue weighted by Crippen LogP contribution is -2.09. The first-order valence-electron chi connectivity index (χ1n) is 10.3. The average molecular weight is 389 g/mol. The van der Waals surface area contributed by atoms with E-state index in [0.29, 0.717) is 6.42 Å². The van der Waals surface area contributed by atoms with Gasteiger partial charge in [-0.2, -0.15) is 0 Å². The third-order valence-corrected chi connectivity index (χ3v) is 5.94. The van der Waals surface area contributed by atoms with E-state index < -0.39 is 0 Å². The second-order valence-corrected chi connectivity index (χ2v) is 7.94. The number of aryl methyl sites for hydroxylation is 1.